The highest BCUT2D eigenvalue weighted by Crippen LogP contribution is 2.38. The molecule has 1 saturated heterocycles. The number of benzene rings is 2. The van der Waals surface area contributed by atoms with Gasteiger partial charge in [0, 0.05) is 59.4 Å². The van der Waals surface area contributed by atoms with Gasteiger partial charge in [-0.3, -0.25) is 4.79 Å². The summed E-state index contributed by atoms with van der Waals surface area (Å²) in [5.74, 6) is -1.90. The minimum atomic E-state index is -3.76. The molecule has 2 aromatic rings. The Balaban J connectivity index is 1.59. The SMILES string of the molecule is C[C@@H](O)CN(C[C@@H](CCc1c(F)cccc1NC(=O)[C@@H](N=[N+]=[N-])[C@@H](c1ccc(Cl)cc1)C1CCOCC1)NS(=O)(=O)C1CC1)C(=O)O. The number of carbonyl (C=O) groups is 2. The Bertz CT molecular complexity index is 1550. The average Bonchev–Trinajstić information content (AvgIpc) is 3.88. The van der Waals surface area contributed by atoms with E-state index >= 15 is 4.39 Å². The average molecular weight is 695 g/mol. The molecule has 1 aliphatic carbocycles. The van der Waals surface area contributed by atoms with Crippen LogP contribution in [0.3, 0.4) is 0 Å². The van der Waals surface area contributed by atoms with Crippen molar-refractivity contribution in [1.29, 1.82) is 0 Å². The molecule has 0 spiro atoms. The highest BCUT2D eigenvalue weighted by molar-refractivity contribution is 7.90. The third kappa shape index (κ3) is 10.3. The highest BCUT2D eigenvalue weighted by Gasteiger charge is 2.38. The molecule has 0 aromatic heterocycles. The van der Waals surface area contributed by atoms with Crippen LogP contribution in [-0.2, 0) is 26.0 Å². The number of carbonyl (C=O) groups excluding carboxylic acids is 1. The van der Waals surface area contributed by atoms with Crippen molar-refractivity contribution >= 4 is 39.3 Å². The van der Waals surface area contributed by atoms with Gasteiger partial charge in [-0.1, -0.05) is 34.9 Å². The van der Waals surface area contributed by atoms with Gasteiger partial charge in [0.2, 0.25) is 15.9 Å². The van der Waals surface area contributed by atoms with E-state index in [0.29, 0.717) is 43.9 Å². The van der Waals surface area contributed by atoms with Crippen LogP contribution < -0.4 is 10.0 Å². The molecule has 2 aliphatic rings. The van der Waals surface area contributed by atoms with E-state index in [1.165, 1.54) is 25.1 Å². The number of ether oxygens (including phenoxy) is 1. The maximum atomic E-state index is 15.4. The topological polar surface area (TPSA) is 194 Å². The number of halogens is 2. The van der Waals surface area contributed by atoms with Crippen molar-refractivity contribution in [3.63, 3.8) is 0 Å². The first-order valence-corrected chi connectivity index (χ1v) is 17.4. The molecule has 0 radical (unpaired) electrons. The Kier molecular flexibility index (Phi) is 12.8. The molecule has 256 valence electrons. The number of aliphatic hydroxyl groups excluding tert-OH is 1. The molecular weight excluding hydrogens is 655 g/mol. The predicted molar refractivity (Wildman–Crippen MR) is 174 cm³/mol. The van der Waals surface area contributed by atoms with Crippen LogP contribution in [0.1, 0.15) is 56.1 Å². The van der Waals surface area contributed by atoms with Gasteiger partial charge >= 0.3 is 6.09 Å². The number of azide groups is 1. The molecule has 0 bridgehead atoms. The van der Waals surface area contributed by atoms with Crippen molar-refractivity contribution in [2.75, 3.05) is 31.6 Å². The zero-order chi connectivity index (χ0) is 34.1. The second-order valence-electron chi connectivity index (χ2n) is 12.1. The summed E-state index contributed by atoms with van der Waals surface area (Å²) in [6.45, 7) is 1.85. The van der Waals surface area contributed by atoms with Crippen LogP contribution in [0.4, 0.5) is 14.9 Å². The molecule has 1 aliphatic heterocycles. The summed E-state index contributed by atoms with van der Waals surface area (Å²) in [7, 11) is -3.76. The molecule has 4 N–H and O–H groups in total. The van der Waals surface area contributed by atoms with Crippen LogP contribution in [0.5, 0.6) is 0 Å². The third-order valence-corrected chi connectivity index (χ3v) is 10.7. The van der Waals surface area contributed by atoms with Gasteiger partial charge in [0.05, 0.1) is 11.4 Å². The van der Waals surface area contributed by atoms with Gasteiger partial charge < -0.3 is 25.2 Å². The summed E-state index contributed by atoms with van der Waals surface area (Å²) in [4.78, 5) is 29.6. The Labute approximate surface area is 278 Å². The van der Waals surface area contributed by atoms with Gasteiger partial charge in [-0.25, -0.2) is 22.3 Å². The lowest BCUT2D eigenvalue weighted by Gasteiger charge is -2.34. The molecular formula is C31H40ClFN6O7S. The minimum Gasteiger partial charge on any atom is -0.465 e. The molecule has 0 unspecified atom stereocenters. The molecule has 13 nitrogen and oxygen atoms in total. The van der Waals surface area contributed by atoms with Gasteiger partial charge in [0.15, 0.2) is 0 Å². The first-order chi connectivity index (χ1) is 22.4. The summed E-state index contributed by atoms with van der Waals surface area (Å²) < 4.78 is 49.1. The highest BCUT2D eigenvalue weighted by atomic mass is 35.5. The van der Waals surface area contributed by atoms with Crippen LogP contribution >= 0.6 is 11.6 Å². The van der Waals surface area contributed by atoms with E-state index in [-0.39, 0.29) is 43.1 Å². The second-order valence-corrected chi connectivity index (χ2v) is 14.5. The maximum Gasteiger partial charge on any atom is 0.407 e. The first kappa shape index (κ1) is 36.4. The normalized spacial score (nSPS) is 18.0. The maximum absolute atomic E-state index is 15.4. The Morgan fingerprint density at radius 1 is 1.15 bits per heavy atom. The number of hydrogen-bond donors (Lipinski definition) is 4. The van der Waals surface area contributed by atoms with Crippen molar-refractivity contribution in [3.8, 4) is 0 Å². The Morgan fingerprint density at radius 2 is 1.83 bits per heavy atom. The molecule has 2 amide bonds. The molecule has 1 heterocycles. The van der Waals surface area contributed by atoms with Crippen LogP contribution in [-0.4, -0.2) is 85.3 Å². The number of anilines is 1. The van der Waals surface area contributed by atoms with Crippen molar-refractivity contribution in [2.24, 2.45) is 11.0 Å². The number of hydrogen-bond acceptors (Lipinski definition) is 7. The van der Waals surface area contributed by atoms with Crippen molar-refractivity contribution in [3.05, 3.63) is 74.9 Å². The lowest BCUT2D eigenvalue weighted by atomic mass is 9.76. The number of sulfonamides is 1. The lowest BCUT2D eigenvalue weighted by molar-refractivity contribution is -0.118. The number of nitrogens with zero attached hydrogens (tertiary/aromatic N) is 4. The molecule has 2 fully saturated rings. The predicted octanol–water partition coefficient (Wildman–Crippen LogP) is 5.05. The Hall–Kier alpha value is -3.46. The summed E-state index contributed by atoms with van der Waals surface area (Å²) in [6.07, 6.45) is -0.207. The van der Waals surface area contributed by atoms with E-state index in [2.05, 4.69) is 20.1 Å². The van der Waals surface area contributed by atoms with Gasteiger partial charge in [-0.05, 0) is 86.7 Å². The van der Waals surface area contributed by atoms with E-state index < -0.39 is 57.2 Å². The molecule has 2 aromatic carbocycles. The van der Waals surface area contributed by atoms with Gasteiger partial charge in [0.1, 0.15) is 11.9 Å². The lowest BCUT2D eigenvalue weighted by Crippen LogP contribution is -2.48. The monoisotopic (exact) mass is 694 g/mol. The Morgan fingerprint density at radius 3 is 2.43 bits per heavy atom. The van der Waals surface area contributed by atoms with E-state index in [0.717, 1.165) is 10.5 Å². The van der Waals surface area contributed by atoms with Crippen LogP contribution in [0.15, 0.2) is 47.6 Å². The second kappa shape index (κ2) is 16.6. The zero-order valence-electron chi connectivity index (χ0n) is 26.0. The number of aliphatic hydroxyl groups is 1. The van der Waals surface area contributed by atoms with Gasteiger partial charge in [-0.2, -0.15) is 0 Å². The van der Waals surface area contributed by atoms with E-state index in [9.17, 15) is 33.8 Å². The quantitative estimate of drug-likeness (QED) is 0.107. The number of nitrogens with one attached hydrogen (secondary N) is 2. The number of rotatable bonds is 16. The minimum absolute atomic E-state index is 0.0193. The third-order valence-electron chi connectivity index (χ3n) is 8.42. The fourth-order valence-electron chi connectivity index (χ4n) is 5.98. The van der Waals surface area contributed by atoms with E-state index in [1.807, 2.05) is 0 Å². The fourth-order valence-corrected chi connectivity index (χ4v) is 7.71. The summed E-state index contributed by atoms with van der Waals surface area (Å²) in [6, 6.07) is 8.91. The summed E-state index contributed by atoms with van der Waals surface area (Å²) in [5.41, 5.74) is 10.4. The standard InChI is InChI=1S/C31H40ClFN6O7S/c1-19(40)17-39(31(42)43)18-23(37-47(44,45)24-10-11-24)9-12-25-26(33)3-2-4-27(25)35-30(41)29(36-38-34)28(21-13-15-46-16-14-21)20-5-7-22(32)8-6-20/h2-8,19,21,23-24,28-29,37,40H,9-18H2,1H3,(H,35,41)(H,42,43)/t19-,23-,28+,29+/m1/s1. The zero-order valence-corrected chi connectivity index (χ0v) is 27.5. The molecule has 47 heavy (non-hydrogen) atoms. The summed E-state index contributed by atoms with van der Waals surface area (Å²) in [5, 5.41) is 26.0. The van der Waals surface area contributed by atoms with Crippen molar-refractivity contribution < 1.29 is 37.3 Å². The largest absolute Gasteiger partial charge is 0.465 e. The van der Waals surface area contributed by atoms with Gasteiger partial charge in [-0.15, -0.1) is 0 Å². The molecule has 1 saturated carbocycles. The van der Waals surface area contributed by atoms with Crippen molar-refractivity contribution in [1.82, 2.24) is 9.62 Å². The fraction of sp³-hybridized carbons (Fsp3) is 0.548. The van der Waals surface area contributed by atoms with E-state index in [4.69, 9.17) is 16.3 Å². The number of carboxylic acid groups (broad SMARTS) is 1. The smallest absolute Gasteiger partial charge is 0.407 e. The molecule has 4 rings (SSSR count). The van der Waals surface area contributed by atoms with Crippen molar-refractivity contribution in [2.45, 2.75) is 74.8 Å². The van der Waals surface area contributed by atoms with E-state index in [1.54, 1.807) is 24.3 Å². The molecule has 16 heteroatoms. The van der Waals surface area contributed by atoms with Crippen LogP contribution in [0.25, 0.3) is 10.4 Å². The van der Waals surface area contributed by atoms with Gasteiger partial charge in [0.25, 0.3) is 0 Å². The number of amides is 2. The van der Waals surface area contributed by atoms with Crippen LogP contribution in [0.2, 0.25) is 5.02 Å². The summed E-state index contributed by atoms with van der Waals surface area (Å²) >= 11 is 6.12. The van der Waals surface area contributed by atoms with Crippen LogP contribution in [0, 0.1) is 11.7 Å². The first-order valence-electron chi connectivity index (χ1n) is 15.5. The molecule has 4 atom stereocenters.